The number of hydrogen-bond acceptors (Lipinski definition) is 8. The van der Waals surface area contributed by atoms with Crippen LogP contribution in [0.2, 0.25) is 0 Å². The second-order valence-electron chi connectivity index (χ2n) is 9.63. The molecule has 0 saturated carbocycles. The van der Waals surface area contributed by atoms with Crippen molar-refractivity contribution in [3.05, 3.63) is 72.7 Å². The second kappa shape index (κ2) is 10.6. The number of H-pyrrole nitrogens is 1. The molecule has 10 nitrogen and oxygen atoms in total. The lowest BCUT2D eigenvalue weighted by molar-refractivity contribution is -0.231. The number of hydrogen-bond donors (Lipinski definition) is 3. The van der Waals surface area contributed by atoms with Crippen LogP contribution in [0.4, 0.5) is 16.0 Å². The maximum absolute atomic E-state index is 13.7. The Morgan fingerprint density at radius 3 is 2.55 bits per heavy atom. The van der Waals surface area contributed by atoms with Crippen molar-refractivity contribution in [1.29, 1.82) is 0 Å². The first-order chi connectivity index (χ1) is 18.3. The summed E-state index contributed by atoms with van der Waals surface area (Å²) in [6.07, 6.45) is 4.15. The zero-order valence-electron chi connectivity index (χ0n) is 21.2. The van der Waals surface area contributed by atoms with Crippen LogP contribution in [0.15, 0.2) is 61.1 Å². The third-order valence-corrected chi connectivity index (χ3v) is 5.97. The summed E-state index contributed by atoms with van der Waals surface area (Å²) in [5.74, 6) is 0.293. The molecule has 0 radical (unpaired) electrons. The Bertz CT molecular complexity index is 1400. The number of pyridine rings is 1. The lowest BCUT2D eigenvalue weighted by Gasteiger charge is -2.35. The van der Waals surface area contributed by atoms with Gasteiger partial charge in [0.2, 0.25) is 18.1 Å². The van der Waals surface area contributed by atoms with E-state index < -0.39 is 11.7 Å². The molecule has 0 unspecified atom stereocenters. The largest absolute Gasteiger partial charge is 0.353 e. The van der Waals surface area contributed by atoms with E-state index in [1.54, 1.807) is 43.7 Å². The molecule has 1 aromatic carbocycles. The first-order valence-electron chi connectivity index (χ1n) is 12.2. The molecule has 4 aromatic rings. The van der Waals surface area contributed by atoms with Crippen molar-refractivity contribution >= 4 is 17.5 Å². The van der Waals surface area contributed by atoms with E-state index in [9.17, 15) is 9.18 Å². The number of aromatic amines is 1. The molecule has 196 valence electrons. The first kappa shape index (κ1) is 25.4. The van der Waals surface area contributed by atoms with Gasteiger partial charge in [0, 0.05) is 24.0 Å². The monoisotopic (exact) mass is 517 g/mol. The van der Waals surface area contributed by atoms with Crippen molar-refractivity contribution in [2.75, 3.05) is 18.5 Å². The fourth-order valence-corrected chi connectivity index (χ4v) is 3.96. The number of carbonyl (C=O) groups is 1. The van der Waals surface area contributed by atoms with Crippen LogP contribution in [-0.4, -0.2) is 50.1 Å². The van der Waals surface area contributed by atoms with Gasteiger partial charge in [-0.15, -0.1) is 0 Å². The summed E-state index contributed by atoms with van der Waals surface area (Å²) in [7, 11) is 0. The number of amides is 1. The molecule has 0 atom stereocenters. The molecule has 11 heteroatoms. The predicted octanol–water partition coefficient (Wildman–Crippen LogP) is 4.39. The number of halogens is 1. The van der Waals surface area contributed by atoms with Crippen molar-refractivity contribution in [2.24, 2.45) is 5.41 Å². The van der Waals surface area contributed by atoms with Crippen molar-refractivity contribution in [2.45, 2.75) is 33.1 Å². The van der Waals surface area contributed by atoms with Crippen LogP contribution in [0.5, 0.6) is 0 Å². The highest BCUT2D eigenvalue weighted by Gasteiger charge is 2.41. The van der Waals surface area contributed by atoms with E-state index in [1.807, 2.05) is 26.0 Å². The number of aromatic nitrogens is 5. The SMILES string of the molecule is CC(C)NC(=O)C1(C)COC(c2nc(-c3ccc(F)cc3)c(-c3ccnc(Nc4cccnc4)n3)[nH]2)OC1. The van der Waals surface area contributed by atoms with Gasteiger partial charge in [0.1, 0.15) is 5.82 Å². The van der Waals surface area contributed by atoms with Crippen LogP contribution in [0.1, 0.15) is 32.9 Å². The highest BCUT2D eigenvalue weighted by Crippen LogP contribution is 2.35. The fraction of sp³-hybridized carbons (Fsp3) is 0.296. The molecule has 3 aromatic heterocycles. The molecule has 0 bridgehead atoms. The molecule has 1 saturated heterocycles. The minimum Gasteiger partial charge on any atom is -0.353 e. The van der Waals surface area contributed by atoms with E-state index in [1.165, 1.54) is 12.1 Å². The summed E-state index contributed by atoms with van der Waals surface area (Å²) in [6.45, 7) is 5.92. The van der Waals surface area contributed by atoms with Gasteiger partial charge < -0.3 is 25.1 Å². The molecule has 4 heterocycles. The van der Waals surface area contributed by atoms with Crippen LogP contribution in [0.25, 0.3) is 22.6 Å². The standard InChI is InChI=1S/C27H28FN7O3/c1-16(2)31-25(36)27(3)14-37-24(38-15-27)23-34-21(17-6-8-18(28)9-7-17)22(35-23)20-10-12-30-26(33-20)32-19-5-4-11-29-13-19/h4-13,16,24H,14-15H2,1-3H3,(H,31,36)(H,34,35)(H,30,32,33). The van der Waals surface area contributed by atoms with E-state index >= 15 is 0 Å². The van der Waals surface area contributed by atoms with Gasteiger partial charge >= 0.3 is 0 Å². The van der Waals surface area contributed by atoms with Gasteiger partial charge in [0.05, 0.1) is 47.6 Å². The molecule has 0 spiro atoms. The first-order valence-corrected chi connectivity index (χ1v) is 12.2. The van der Waals surface area contributed by atoms with Crippen LogP contribution < -0.4 is 10.6 Å². The van der Waals surface area contributed by atoms with Crippen LogP contribution in [-0.2, 0) is 14.3 Å². The third kappa shape index (κ3) is 5.53. The molecule has 38 heavy (non-hydrogen) atoms. The number of nitrogens with zero attached hydrogens (tertiary/aromatic N) is 4. The van der Waals surface area contributed by atoms with E-state index in [-0.39, 0.29) is 31.0 Å². The topological polar surface area (TPSA) is 127 Å². The second-order valence-corrected chi connectivity index (χ2v) is 9.63. The summed E-state index contributed by atoms with van der Waals surface area (Å²) >= 11 is 0. The van der Waals surface area contributed by atoms with Gasteiger partial charge in [-0.3, -0.25) is 9.78 Å². The van der Waals surface area contributed by atoms with Crippen molar-refractivity contribution in [1.82, 2.24) is 30.2 Å². The predicted molar refractivity (Wildman–Crippen MR) is 139 cm³/mol. The number of ether oxygens (including phenoxy) is 2. The van der Waals surface area contributed by atoms with Gasteiger partial charge in [-0.25, -0.2) is 19.3 Å². The normalized spacial score (nSPS) is 19.3. The summed E-state index contributed by atoms with van der Waals surface area (Å²) in [6, 6.07) is 11.4. The zero-order valence-corrected chi connectivity index (χ0v) is 21.2. The summed E-state index contributed by atoms with van der Waals surface area (Å²) in [5, 5.41) is 6.04. The molecule has 1 aliphatic rings. The smallest absolute Gasteiger partial charge is 0.230 e. The van der Waals surface area contributed by atoms with Gasteiger partial charge in [0.15, 0.2) is 5.82 Å². The Morgan fingerprint density at radius 1 is 1.11 bits per heavy atom. The number of carbonyl (C=O) groups excluding carboxylic acids is 1. The van der Waals surface area contributed by atoms with Crippen LogP contribution in [0.3, 0.4) is 0 Å². The minimum absolute atomic E-state index is 0.00773. The number of benzene rings is 1. The molecule has 1 amide bonds. The molecular formula is C27H28FN7O3. The average molecular weight is 518 g/mol. The van der Waals surface area contributed by atoms with Gasteiger partial charge in [-0.2, -0.15) is 0 Å². The summed E-state index contributed by atoms with van der Waals surface area (Å²) in [5.41, 5.74) is 2.28. The molecule has 1 aliphatic heterocycles. The Kier molecular flexibility index (Phi) is 7.12. The molecule has 5 rings (SSSR count). The van der Waals surface area contributed by atoms with Crippen molar-refractivity contribution < 1.29 is 18.7 Å². The molecule has 1 fully saturated rings. The molecule has 0 aliphatic carbocycles. The van der Waals surface area contributed by atoms with Crippen LogP contribution >= 0.6 is 0 Å². The number of nitrogens with one attached hydrogen (secondary N) is 3. The quantitative estimate of drug-likeness (QED) is 0.330. The number of rotatable bonds is 7. The highest BCUT2D eigenvalue weighted by molar-refractivity contribution is 5.83. The average Bonchev–Trinajstić information content (AvgIpc) is 3.35. The van der Waals surface area contributed by atoms with E-state index in [0.29, 0.717) is 34.4 Å². The van der Waals surface area contributed by atoms with Crippen LogP contribution in [0, 0.1) is 11.2 Å². The third-order valence-electron chi connectivity index (χ3n) is 5.97. The zero-order chi connectivity index (χ0) is 26.7. The summed E-state index contributed by atoms with van der Waals surface area (Å²) in [4.78, 5) is 33.7. The van der Waals surface area contributed by atoms with Gasteiger partial charge in [0.25, 0.3) is 0 Å². The van der Waals surface area contributed by atoms with E-state index in [0.717, 1.165) is 5.69 Å². The van der Waals surface area contributed by atoms with Crippen molar-refractivity contribution in [3.8, 4) is 22.6 Å². The van der Waals surface area contributed by atoms with Gasteiger partial charge in [-0.1, -0.05) is 0 Å². The maximum Gasteiger partial charge on any atom is 0.230 e. The molecule has 3 N–H and O–H groups in total. The van der Waals surface area contributed by atoms with Crippen molar-refractivity contribution in [3.63, 3.8) is 0 Å². The fourth-order valence-electron chi connectivity index (χ4n) is 3.96. The van der Waals surface area contributed by atoms with E-state index in [2.05, 4.69) is 30.6 Å². The Labute approximate surface area is 219 Å². The Balaban J connectivity index is 1.45. The van der Waals surface area contributed by atoms with E-state index in [4.69, 9.17) is 14.5 Å². The summed E-state index contributed by atoms with van der Waals surface area (Å²) < 4.78 is 25.6. The molecular weight excluding hydrogens is 489 g/mol. The number of imidazole rings is 1. The number of anilines is 2. The highest BCUT2D eigenvalue weighted by atomic mass is 19.1. The lowest BCUT2D eigenvalue weighted by atomic mass is 9.90. The Hall–Kier alpha value is -4.22. The Morgan fingerprint density at radius 2 is 1.87 bits per heavy atom. The minimum atomic E-state index is -0.824. The van der Waals surface area contributed by atoms with Gasteiger partial charge in [-0.05, 0) is 63.2 Å². The maximum atomic E-state index is 13.7. The lowest BCUT2D eigenvalue weighted by Crippen LogP contribution is -2.50.